The maximum atomic E-state index is 2.44. The summed E-state index contributed by atoms with van der Waals surface area (Å²) in [6.45, 7) is 4.75. The molecule has 0 spiro atoms. The van der Waals surface area contributed by atoms with E-state index < -0.39 is 0 Å². The van der Waals surface area contributed by atoms with E-state index in [1.54, 1.807) is 38.5 Å². The van der Waals surface area contributed by atoms with Gasteiger partial charge in [-0.3, -0.25) is 0 Å². The van der Waals surface area contributed by atoms with Crippen molar-refractivity contribution >= 4 is 0 Å². The molecule has 0 bridgehead atoms. The van der Waals surface area contributed by atoms with Gasteiger partial charge < -0.3 is 0 Å². The molecule has 0 heterocycles. The van der Waals surface area contributed by atoms with Crippen LogP contribution in [0.3, 0.4) is 0 Å². The van der Waals surface area contributed by atoms with Crippen molar-refractivity contribution in [3.8, 4) is 0 Å². The molecular weight excluding hydrogens is 204 g/mol. The van der Waals surface area contributed by atoms with E-state index in [0.29, 0.717) is 0 Å². The van der Waals surface area contributed by atoms with Gasteiger partial charge in [0.15, 0.2) is 0 Å². The Morgan fingerprint density at radius 3 is 2.00 bits per heavy atom. The second-order valence-electron chi connectivity index (χ2n) is 7.45. The monoisotopic (exact) mass is 234 g/mol. The Morgan fingerprint density at radius 2 is 1.35 bits per heavy atom. The van der Waals surface area contributed by atoms with Crippen LogP contribution in [0.1, 0.15) is 71.6 Å². The van der Waals surface area contributed by atoms with Crippen molar-refractivity contribution in [3.63, 3.8) is 0 Å². The maximum Gasteiger partial charge on any atom is -0.0380 e. The van der Waals surface area contributed by atoms with E-state index in [9.17, 15) is 0 Å². The zero-order valence-electron chi connectivity index (χ0n) is 11.8. The summed E-state index contributed by atoms with van der Waals surface area (Å²) in [6.07, 6.45) is 13.9. The van der Waals surface area contributed by atoms with E-state index in [0.717, 1.165) is 17.8 Å². The van der Waals surface area contributed by atoms with Gasteiger partial charge in [-0.1, -0.05) is 39.5 Å². The molecule has 0 aromatic carbocycles. The Kier molecular flexibility index (Phi) is 3.50. The first-order chi connectivity index (χ1) is 8.28. The van der Waals surface area contributed by atoms with Crippen LogP contribution in [0.5, 0.6) is 0 Å². The molecule has 3 rings (SSSR count). The predicted molar refractivity (Wildman–Crippen MR) is 73.8 cm³/mol. The van der Waals surface area contributed by atoms with Gasteiger partial charge in [-0.15, -0.1) is 0 Å². The highest BCUT2D eigenvalue weighted by molar-refractivity contribution is 4.97. The standard InChI is InChI=1S/C17H30/c1-3-4-5-6-13-8-15(13)10-17-11-16(17)9-14-7-12(14)2/h12-17H,3-11H2,1-2H3. The van der Waals surface area contributed by atoms with Crippen molar-refractivity contribution < 1.29 is 0 Å². The fourth-order valence-electron chi connectivity index (χ4n) is 4.00. The molecule has 98 valence electrons. The minimum Gasteiger partial charge on any atom is -0.0654 e. The molecular formula is C17H30. The van der Waals surface area contributed by atoms with Gasteiger partial charge in [-0.05, 0) is 67.6 Å². The van der Waals surface area contributed by atoms with E-state index in [4.69, 9.17) is 0 Å². The normalized spacial score (nSPS) is 46.9. The molecule has 3 aliphatic carbocycles. The van der Waals surface area contributed by atoms with Crippen LogP contribution in [0, 0.1) is 35.5 Å². The molecule has 3 saturated carbocycles. The molecule has 0 amide bonds. The second kappa shape index (κ2) is 4.94. The largest absolute Gasteiger partial charge is 0.0654 e. The van der Waals surface area contributed by atoms with E-state index >= 15 is 0 Å². The lowest BCUT2D eigenvalue weighted by Gasteiger charge is -2.00. The summed E-state index contributed by atoms with van der Waals surface area (Å²) in [5, 5.41) is 0. The van der Waals surface area contributed by atoms with Gasteiger partial charge in [0.05, 0.1) is 0 Å². The molecule has 0 aromatic heterocycles. The molecule has 0 aromatic rings. The maximum absolute atomic E-state index is 2.44. The third-order valence-corrected chi connectivity index (χ3v) is 5.80. The molecule has 0 heteroatoms. The summed E-state index contributed by atoms with van der Waals surface area (Å²) in [5.41, 5.74) is 0. The van der Waals surface area contributed by atoms with Crippen LogP contribution in [0.15, 0.2) is 0 Å². The smallest absolute Gasteiger partial charge is 0.0380 e. The Labute approximate surface area is 108 Å². The minimum absolute atomic E-state index is 1.08. The van der Waals surface area contributed by atoms with Gasteiger partial charge in [0.25, 0.3) is 0 Å². The number of hydrogen-bond donors (Lipinski definition) is 0. The molecule has 0 saturated heterocycles. The summed E-state index contributed by atoms with van der Waals surface area (Å²) in [7, 11) is 0. The van der Waals surface area contributed by atoms with E-state index in [-0.39, 0.29) is 0 Å². The Balaban J connectivity index is 1.24. The lowest BCUT2D eigenvalue weighted by molar-refractivity contribution is 0.502. The number of rotatable bonds is 8. The van der Waals surface area contributed by atoms with Crippen molar-refractivity contribution in [2.45, 2.75) is 71.6 Å². The van der Waals surface area contributed by atoms with Gasteiger partial charge in [-0.2, -0.15) is 0 Å². The molecule has 0 nitrogen and oxygen atoms in total. The van der Waals surface area contributed by atoms with Gasteiger partial charge in [0.2, 0.25) is 0 Å². The molecule has 17 heavy (non-hydrogen) atoms. The average Bonchev–Trinajstić information content (AvgIpc) is 3.19. The van der Waals surface area contributed by atoms with E-state index in [1.165, 1.54) is 37.0 Å². The van der Waals surface area contributed by atoms with Gasteiger partial charge in [0, 0.05) is 0 Å². The lowest BCUT2D eigenvalue weighted by atomic mass is 10.1. The van der Waals surface area contributed by atoms with Crippen LogP contribution in [-0.2, 0) is 0 Å². The predicted octanol–water partition coefficient (Wildman–Crippen LogP) is 5.28. The molecule has 6 atom stereocenters. The van der Waals surface area contributed by atoms with E-state index in [2.05, 4.69) is 13.8 Å². The molecule has 3 aliphatic rings. The molecule has 0 radical (unpaired) electrons. The fraction of sp³-hybridized carbons (Fsp3) is 1.00. The second-order valence-corrected chi connectivity index (χ2v) is 7.45. The third kappa shape index (κ3) is 3.26. The summed E-state index contributed by atoms with van der Waals surface area (Å²) < 4.78 is 0. The minimum atomic E-state index is 1.08. The molecule has 0 N–H and O–H groups in total. The highest BCUT2D eigenvalue weighted by Gasteiger charge is 2.47. The van der Waals surface area contributed by atoms with Crippen molar-refractivity contribution in [1.82, 2.24) is 0 Å². The fourth-order valence-corrected chi connectivity index (χ4v) is 4.00. The Morgan fingerprint density at radius 1 is 0.765 bits per heavy atom. The van der Waals surface area contributed by atoms with Crippen molar-refractivity contribution in [1.29, 1.82) is 0 Å². The lowest BCUT2D eigenvalue weighted by Crippen LogP contribution is -1.90. The first-order valence-electron chi connectivity index (χ1n) is 8.28. The van der Waals surface area contributed by atoms with Crippen LogP contribution in [-0.4, -0.2) is 0 Å². The van der Waals surface area contributed by atoms with Gasteiger partial charge in [0.1, 0.15) is 0 Å². The summed E-state index contributed by atoms with van der Waals surface area (Å²) in [6, 6.07) is 0. The summed E-state index contributed by atoms with van der Waals surface area (Å²) in [5.74, 6) is 6.88. The van der Waals surface area contributed by atoms with Crippen molar-refractivity contribution in [3.05, 3.63) is 0 Å². The Hall–Kier alpha value is 0. The summed E-state index contributed by atoms with van der Waals surface area (Å²) >= 11 is 0. The zero-order chi connectivity index (χ0) is 11.8. The van der Waals surface area contributed by atoms with Crippen molar-refractivity contribution in [2.75, 3.05) is 0 Å². The molecule has 3 fully saturated rings. The van der Waals surface area contributed by atoms with Crippen LogP contribution < -0.4 is 0 Å². The topological polar surface area (TPSA) is 0 Å². The van der Waals surface area contributed by atoms with Crippen LogP contribution >= 0.6 is 0 Å². The van der Waals surface area contributed by atoms with Gasteiger partial charge in [-0.25, -0.2) is 0 Å². The number of unbranched alkanes of at least 4 members (excludes halogenated alkanes) is 2. The zero-order valence-corrected chi connectivity index (χ0v) is 11.8. The first-order valence-corrected chi connectivity index (χ1v) is 8.28. The highest BCUT2D eigenvalue weighted by Crippen LogP contribution is 2.57. The molecule has 6 unspecified atom stereocenters. The Bertz CT molecular complexity index is 257. The van der Waals surface area contributed by atoms with Crippen LogP contribution in [0.25, 0.3) is 0 Å². The highest BCUT2D eigenvalue weighted by atomic mass is 14.5. The number of hydrogen-bond acceptors (Lipinski definition) is 0. The van der Waals surface area contributed by atoms with Gasteiger partial charge >= 0.3 is 0 Å². The third-order valence-electron chi connectivity index (χ3n) is 5.80. The summed E-state index contributed by atoms with van der Waals surface area (Å²) in [4.78, 5) is 0. The van der Waals surface area contributed by atoms with Crippen LogP contribution in [0.4, 0.5) is 0 Å². The molecule has 0 aliphatic heterocycles. The van der Waals surface area contributed by atoms with E-state index in [1.807, 2.05) is 0 Å². The quantitative estimate of drug-likeness (QED) is 0.502. The first kappa shape index (κ1) is 12.1. The van der Waals surface area contributed by atoms with Crippen LogP contribution in [0.2, 0.25) is 0 Å². The SMILES string of the molecule is CCCCCC1CC1CC1CC1CC1CC1C. The average molecular weight is 234 g/mol. The van der Waals surface area contributed by atoms with Crippen molar-refractivity contribution in [2.24, 2.45) is 35.5 Å².